The first-order chi connectivity index (χ1) is 8.98. The highest BCUT2D eigenvalue weighted by atomic mass is 35.5. The van der Waals surface area contributed by atoms with Crippen molar-refractivity contribution in [2.75, 3.05) is 0 Å². The van der Waals surface area contributed by atoms with Crippen LogP contribution in [0.25, 0.3) is 0 Å². The van der Waals surface area contributed by atoms with Crippen molar-refractivity contribution in [2.24, 2.45) is 22.2 Å². The maximum atomic E-state index is 12.3. The summed E-state index contributed by atoms with van der Waals surface area (Å²) in [6.07, 6.45) is 1.22. The standard InChI is InChI=1S/C12H16ClN3O2S/c1-7-4-12(5-7,10(14)16-18)11(17)15-6-8-2-3-9(13)19-8/h2-3,7,18H,4-6H2,1H3,(H2,14,16)(H,15,17). The van der Waals surface area contributed by atoms with Crippen LogP contribution in [0.2, 0.25) is 4.34 Å². The zero-order valence-electron chi connectivity index (χ0n) is 10.5. The summed E-state index contributed by atoms with van der Waals surface area (Å²) in [5.74, 6) is 0.208. The van der Waals surface area contributed by atoms with Gasteiger partial charge in [0.2, 0.25) is 5.91 Å². The second-order valence-electron chi connectivity index (χ2n) is 4.97. The molecule has 4 N–H and O–H groups in total. The highest BCUT2D eigenvalue weighted by molar-refractivity contribution is 7.16. The van der Waals surface area contributed by atoms with Gasteiger partial charge in [-0.05, 0) is 30.9 Å². The van der Waals surface area contributed by atoms with Gasteiger partial charge in [0, 0.05) is 4.88 Å². The Hall–Kier alpha value is -1.27. The molecular formula is C12H16ClN3O2S. The Kier molecular flexibility index (Phi) is 4.01. The number of halogens is 1. The first-order valence-electron chi connectivity index (χ1n) is 5.98. The minimum absolute atomic E-state index is 0.00712. The molecule has 0 aliphatic heterocycles. The lowest BCUT2D eigenvalue weighted by Gasteiger charge is -2.43. The molecular weight excluding hydrogens is 286 g/mol. The normalized spacial score (nSPS) is 26.8. The molecule has 5 nitrogen and oxygen atoms in total. The number of hydrogen-bond acceptors (Lipinski definition) is 4. The molecule has 0 spiro atoms. The Labute approximate surface area is 120 Å². The molecule has 104 valence electrons. The highest BCUT2D eigenvalue weighted by Crippen LogP contribution is 2.45. The number of nitrogens with one attached hydrogen (secondary N) is 1. The fourth-order valence-corrected chi connectivity index (χ4v) is 3.55. The van der Waals surface area contributed by atoms with Crippen molar-refractivity contribution in [1.29, 1.82) is 0 Å². The molecule has 0 atom stereocenters. The number of nitrogens with two attached hydrogens (primary N) is 1. The third kappa shape index (κ3) is 2.69. The van der Waals surface area contributed by atoms with Crippen LogP contribution in [0, 0.1) is 11.3 Å². The van der Waals surface area contributed by atoms with E-state index in [-0.39, 0.29) is 11.7 Å². The Morgan fingerprint density at radius 1 is 1.68 bits per heavy atom. The number of hydrogen-bond donors (Lipinski definition) is 3. The Morgan fingerprint density at radius 3 is 2.84 bits per heavy atom. The molecule has 0 radical (unpaired) electrons. The summed E-state index contributed by atoms with van der Waals surface area (Å²) in [5.41, 5.74) is 4.82. The molecule has 7 heteroatoms. The largest absolute Gasteiger partial charge is 0.409 e. The van der Waals surface area contributed by atoms with E-state index in [1.54, 1.807) is 6.07 Å². The average molecular weight is 302 g/mol. The van der Waals surface area contributed by atoms with Gasteiger partial charge < -0.3 is 16.3 Å². The highest BCUT2D eigenvalue weighted by Gasteiger charge is 2.52. The molecule has 1 aliphatic rings. The smallest absolute Gasteiger partial charge is 0.234 e. The van der Waals surface area contributed by atoms with E-state index in [1.807, 2.05) is 13.0 Å². The maximum Gasteiger partial charge on any atom is 0.234 e. The lowest BCUT2D eigenvalue weighted by atomic mass is 9.61. The van der Waals surface area contributed by atoms with Crippen molar-refractivity contribution in [2.45, 2.75) is 26.3 Å². The molecule has 0 aromatic carbocycles. The average Bonchev–Trinajstić information content (AvgIpc) is 2.76. The molecule has 1 saturated carbocycles. The number of oxime groups is 1. The zero-order chi connectivity index (χ0) is 14.0. The number of amides is 1. The second-order valence-corrected chi connectivity index (χ2v) is 6.77. The predicted octanol–water partition coefficient (Wildman–Crippen LogP) is 2.18. The van der Waals surface area contributed by atoms with Crippen molar-refractivity contribution in [3.05, 3.63) is 21.3 Å². The first kappa shape index (κ1) is 14.1. The van der Waals surface area contributed by atoms with E-state index < -0.39 is 5.41 Å². The topological polar surface area (TPSA) is 87.7 Å². The minimum Gasteiger partial charge on any atom is -0.409 e. The first-order valence-corrected chi connectivity index (χ1v) is 7.18. The molecule has 1 aromatic rings. The van der Waals surface area contributed by atoms with Crippen LogP contribution in [0.3, 0.4) is 0 Å². The van der Waals surface area contributed by atoms with Gasteiger partial charge in [0.25, 0.3) is 0 Å². The fraction of sp³-hybridized carbons (Fsp3) is 0.500. The Bertz CT molecular complexity index is 509. The summed E-state index contributed by atoms with van der Waals surface area (Å²) in [6.45, 7) is 2.44. The van der Waals surface area contributed by atoms with Gasteiger partial charge in [0.05, 0.1) is 10.9 Å². The van der Waals surface area contributed by atoms with Crippen LogP contribution in [-0.4, -0.2) is 17.0 Å². The van der Waals surface area contributed by atoms with E-state index in [4.69, 9.17) is 22.5 Å². The maximum absolute atomic E-state index is 12.3. The van der Waals surface area contributed by atoms with Gasteiger partial charge in [-0.3, -0.25) is 4.79 Å². The molecule has 0 bridgehead atoms. The summed E-state index contributed by atoms with van der Waals surface area (Å²) in [6, 6.07) is 3.66. The summed E-state index contributed by atoms with van der Waals surface area (Å²) < 4.78 is 0.688. The quantitative estimate of drug-likeness (QED) is 0.345. The van der Waals surface area contributed by atoms with E-state index in [0.29, 0.717) is 29.6 Å². The van der Waals surface area contributed by atoms with Crippen LogP contribution in [0.4, 0.5) is 0 Å². The molecule has 1 fully saturated rings. The molecule has 2 rings (SSSR count). The van der Waals surface area contributed by atoms with E-state index in [0.717, 1.165) is 4.88 Å². The molecule has 1 heterocycles. The van der Waals surface area contributed by atoms with Crippen LogP contribution in [0.15, 0.2) is 17.3 Å². The molecule has 0 saturated heterocycles. The van der Waals surface area contributed by atoms with Crippen molar-refractivity contribution in [3.8, 4) is 0 Å². The van der Waals surface area contributed by atoms with Crippen molar-refractivity contribution in [3.63, 3.8) is 0 Å². The van der Waals surface area contributed by atoms with Crippen LogP contribution in [-0.2, 0) is 11.3 Å². The Morgan fingerprint density at radius 2 is 2.37 bits per heavy atom. The number of carbonyl (C=O) groups excluding carboxylic acids is 1. The molecule has 19 heavy (non-hydrogen) atoms. The van der Waals surface area contributed by atoms with Gasteiger partial charge in [0.1, 0.15) is 5.41 Å². The zero-order valence-corrected chi connectivity index (χ0v) is 12.1. The predicted molar refractivity (Wildman–Crippen MR) is 75.4 cm³/mol. The van der Waals surface area contributed by atoms with Gasteiger partial charge in [-0.1, -0.05) is 23.7 Å². The van der Waals surface area contributed by atoms with Crippen LogP contribution >= 0.6 is 22.9 Å². The molecule has 1 aromatic heterocycles. The van der Waals surface area contributed by atoms with Gasteiger partial charge in [0.15, 0.2) is 5.84 Å². The van der Waals surface area contributed by atoms with Crippen LogP contribution < -0.4 is 11.1 Å². The van der Waals surface area contributed by atoms with Gasteiger partial charge >= 0.3 is 0 Å². The molecule has 0 unspecified atom stereocenters. The van der Waals surface area contributed by atoms with E-state index in [1.165, 1.54) is 11.3 Å². The minimum atomic E-state index is -0.852. The van der Waals surface area contributed by atoms with Crippen LogP contribution in [0.5, 0.6) is 0 Å². The summed E-state index contributed by atoms with van der Waals surface area (Å²) in [5, 5.41) is 14.7. The third-order valence-corrected chi connectivity index (χ3v) is 4.71. The number of rotatable bonds is 4. The van der Waals surface area contributed by atoms with E-state index in [2.05, 4.69) is 10.5 Å². The molecule has 1 amide bonds. The van der Waals surface area contributed by atoms with Gasteiger partial charge in [-0.15, -0.1) is 11.3 Å². The van der Waals surface area contributed by atoms with Crippen molar-refractivity contribution < 1.29 is 10.0 Å². The van der Waals surface area contributed by atoms with Gasteiger partial charge in [-0.25, -0.2) is 0 Å². The molecule has 1 aliphatic carbocycles. The number of carbonyl (C=O) groups is 1. The lowest BCUT2D eigenvalue weighted by molar-refractivity contribution is -0.133. The fourth-order valence-electron chi connectivity index (χ4n) is 2.52. The van der Waals surface area contributed by atoms with Crippen molar-refractivity contribution in [1.82, 2.24) is 5.32 Å². The monoisotopic (exact) mass is 301 g/mol. The summed E-state index contributed by atoms with van der Waals surface area (Å²) in [4.78, 5) is 13.2. The Balaban J connectivity index is 2.01. The number of nitrogens with zero attached hydrogens (tertiary/aromatic N) is 1. The SMILES string of the molecule is CC1CC(C(=O)NCc2ccc(Cl)s2)(/C(N)=N/O)C1. The third-order valence-electron chi connectivity index (χ3n) is 3.48. The second kappa shape index (κ2) is 5.38. The number of thiophene rings is 1. The van der Waals surface area contributed by atoms with Crippen LogP contribution in [0.1, 0.15) is 24.6 Å². The summed E-state index contributed by atoms with van der Waals surface area (Å²) in [7, 11) is 0. The van der Waals surface area contributed by atoms with E-state index in [9.17, 15) is 4.79 Å². The van der Waals surface area contributed by atoms with E-state index >= 15 is 0 Å². The van der Waals surface area contributed by atoms with Crippen molar-refractivity contribution >= 4 is 34.7 Å². The van der Waals surface area contributed by atoms with Gasteiger partial charge in [-0.2, -0.15) is 0 Å². The lowest BCUT2D eigenvalue weighted by Crippen LogP contribution is -2.56. The number of amidine groups is 1. The summed E-state index contributed by atoms with van der Waals surface area (Å²) >= 11 is 7.25.